The predicted molar refractivity (Wildman–Crippen MR) is 296 cm³/mol. The van der Waals surface area contributed by atoms with E-state index >= 15 is 0 Å². The highest BCUT2D eigenvalue weighted by Gasteiger charge is 2.47. The molecule has 0 saturated carbocycles. The van der Waals surface area contributed by atoms with Crippen LogP contribution in [0.15, 0.2) is 60.8 Å². The van der Waals surface area contributed by atoms with Gasteiger partial charge in [0, 0.05) is 6.42 Å². The van der Waals surface area contributed by atoms with Gasteiger partial charge >= 0.3 is 5.97 Å². The maximum atomic E-state index is 13.4. The van der Waals surface area contributed by atoms with E-state index in [9.17, 15) is 35.1 Å². The summed E-state index contributed by atoms with van der Waals surface area (Å²) >= 11 is 0. The lowest BCUT2D eigenvalue weighted by Crippen LogP contribution is -2.61. The van der Waals surface area contributed by atoms with Gasteiger partial charge < -0.3 is 45.1 Å². The summed E-state index contributed by atoms with van der Waals surface area (Å²) in [5.74, 6) is -1.22. The molecular weight excluding hydrogens is 907 g/mol. The molecule has 418 valence electrons. The summed E-state index contributed by atoms with van der Waals surface area (Å²) in [5.41, 5.74) is 0. The van der Waals surface area contributed by atoms with E-state index in [1.165, 1.54) is 128 Å². The van der Waals surface area contributed by atoms with Crippen LogP contribution in [-0.4, -0.2) is 99.6 Å². The summed E-state index contributed by atoms with van der Waals surface area (Å²) in [7, 11) is 0. The molecule has 1 amide bonds. The topological polar surface area (TPSA) is 175 Å². The van der Waals surface area contributed by atoms with Crippen molar-refractivity contribution in [2.75, 3.05) is 13.2 Å². The van der Waals surface area contributed by atoms with Gasteiger partial charge in [0.1, 0.15) is 24.4 Å². The van der Waals surface area contributed by atoms with Gasteiger partial charge in [-0.1, -0.05) is 236 Å². The van der Waals surface area contributed by atoms with Gasteiger partial charge in [-0.2, -0.15) is 0 Å². The molecule has 11 heteroatoms. The smallest absolute Gasteiger partial charge is 0.306 e. The van der Waals surface area contributed by atoms with Crippen LogP contribution in [0.5, 0.6) is 0 Å². The fourth-order valence-corrected chi connectivity index (χ4v) is 8.93. The standard InChI is InChI=1S/C61H109NO10/c1-4-7-10-13-16-19-22-24-25-26-27-28-29-31-34-37-40-43-46-49-56(66)72-59-58(68)57(67)55(50-63)71-61(59)70-51-52(53(64)47-44-41-38-35-32-21-18-15-12-9-6-3)62-60(69)54(65)48-45-42-39-36-33-30-23-20-17-14-11-8-5-2/h16,19,24-25,27-28,31,34,44,47,52-55,57-59,61,63-65,67-68H,4-15,17-18,20-23,26,29-30,32-33,35-43,45-46,48-51H2,1-3H3,(H,62,69)/b19-16-,25-24-,28-27-,34-31-,47-44+. The molecule has 11 nitrogen and oxygen atoms in total. The molecule has 0 aliphatic carbocycles. The van der Waals surface area contributed by atoms with Crippen LogP contribution >= 0.6 is 0 Å². The Balaban J connectivity index is 2.72. The molecule has 1 rings (SSSR count). The predicted octanol–water partition coefficient (Wildman–Crippen LogP) is 13.4. The number of amides is 1. The lowest BCUT2D eigenvalue weighted by molar-refractivity contribution is -0.305. The van der Waals surface area contributed by atoms with Gasteiger partial charge in [0.25, 0.3) is 0 Å². The number of hydrogen-bond donors (Lipinski definition) is 6. The van der Waals surface area contributed by atoms with Gasteiger partial charge in [0.05, 0.1) is 25.4 Å². The second kappa shape index (κ2) is 49.2. The normalized spacial score (nSPS) is 19.9. The maximum absolute atomic E-state index is 13.4. The van der Waals surface area contributed by atoms with Crippen molar-refractivity contribution in [2.45, 2.75) is 301 Å². The van der Waals surface area contributed by atoms with Crippen molar-refractivity contribution in [1.29, 1.82) is 0 Å². The fraction of sp³-hybridized carbons (Fsp3) is 0.803. The van der Waals surface area contributed by atoms with Crippen LogP contribution in [0.25, 0.3) is 0 Å². The Morgan fingerprint density at radius 1 is 0.542 bits per heavy atom. The van der Waals surface area contributed by atoms with Crippen molar-refractivity contribution in [1.82, 2.24) is 5.32 Å². The number of unbranched alkanes of at least 4 members (excludes halogenated alkanes) is 27. The molecule has 8 unspecified atom stereocenters. The molecule has 1 aliphatic rings. The van der Waals surface area contributed by atoms with Crippen LogP contribution in [-0.2, 0) is 23.8 Å². The molecular formula is C61H109NO10. The Morgan fingerprint density at radius 3 is 1.46 bits per heavy atom. The molecule has 8 atom stereocenters. The van der Waals surface area contributed by atoms with Crippen molar-refractivity contribution in [3.8, 4) is 0 Å². The number of rotatable bonds is 49. The maximum Gasteiger partial charge on any atom is 0.306 e. The number of aliphatic hydroxyl groups excluding tert-OH is 5. The first-order valence-corrected chi connectivity index (χ1v) is 29.6. The number of esters is 1. The van der Waals surface area contributed by atoms with Gasteiger partial charge in [0.2, 0.25) is 5.91 Å². The van der Waals surface area contributed by atoms with Crippen LogP contribution in [0.4, 0.5) is 0 Å². The Morgan fingerprint density at radius 2 is 0.958 bits per heavy atom. The number of aliphatic hydroxyl groups is 5. The Hall–Kier alpha value is -2.64. The van der Waals surface area contributed by atoms with E-state index in [1.54, 1.807) is 6.08 Å². The van der Waals surface area contributed by atoms with E-state index in [0.29, 0.717) is 12.8 Å². The average Bonchev–Trinajstić information content (AvgIpc) is 3.38. The molecule has 0 aromatic heterocycles. The van der Waals surface area contributed by atoms with E-state index < -0.39 is 67.4 Å². The van der Waals surface area contributed by atoms with Crippen molar-refractivity contribution in [3.05, 3.63) is 60.8 Å². The largest absolute Gasteiger partial charge is 0.454 e. The molecule has 0 bridgehead atoms. The highest BCUT2D eigenvalue weighted by molar-refractivity contribution is 5.80. The molecule has 1 saturated heterocycles. The van der Waals surface area contributed by atoms with Gasteiger partial charge in [-0.15, -0.1) is 0 Å². The lowest BCUT2D eigenvalue weighted by Gasteiger charge is -2.41. The number of ether oxygens (including phenoxy) is 3. The van der Waals surface area contributed by atoms with Crippen LogP contribution < -0.4 is 5.32 Å². The minimum atomic E-state index is -1.63. The summed E-state index contributed by atoms with van der Waals surface area (Å²) in [6.07, 6.45) is 49.7. The number of carbonyl (C=O) groups is 2. The summed E-state index contributed by atoms with van der Waals surface area (Å²) in [6.45, 7) is 5.73. The van der Waals surface area contributed by atoms with Crippen LogP contribution in [0, 0.1) is 0 Å². The SMILES string of the molecule is CCCCC/C=C\C/C=C\C/C=C\C/C=C\CCCCCC(=O)OC1C(OCC(NC(=O)C(O)CCCCCCCCCCCCCCC)C(O)/C=C/CCCCCCCCCCC)OC(CO)C(O)C1O. The highest BCUT2D eigenvalue weighted by atomic mass is 16.7. The van der Waals surface area contributed by atoms with Crippen molar-refractivity contribution in [2.24, 2.45) is 0 Å². The second-order valence-corrected chi connectivity index (χ2v) is 20.4. The Kier molecular flexibility index (Phi) is 46.1. The van der Waals surface area contributed by atoms with Gasteiger partial charge in [-0.05, 0) is 70.6 Å². The Bertz CT molecular complexity index is 1400. The number of allylic oxidation sites excluding steroid dienone is 9. The molecule has 72 heavy (non-hydrogen) atoms. The molecule has 0 radical (unpaired) electrons. The zero-order valence-electron chi connectivity index (χ0n) is 46.0. The van der Waals surface area contributed by atoms with E-state index in [4.69, 9.17) is 14.2 Å². The van der Waals surface area contributed by atoms with E-state index in [0.717, 1.165) is 77.0 Å². The lowest BCUT2D eigenvalue weighted by atomic mass is 9.99. The first-order valence-electron chi connectivity index (χ1n) is 29.6. The number of hydrogen-bond acceptors (Lipinski definition) is 10. The quantitative estimate of drug-likeness (QED) is 0.0195. The summed E-state index contributed by atoms with van der Waals surface area (Å²) in [4.78, 5) is 26.4. The highest BCUT2D eigenvalue weighted by Crippen LogP contribution is 2.26. The van der Waals surface area contributed by atoms with Crippen LogP contribution in [0.3, 0.4) is 0 Å². The summed E-state index contributed by atoms with van der Waals surface area (Å²) in [6, 6.07) is -1.03. The van der Waals surface area contributed by atoms with Crippen molar-refractivity contribution < 1.29 is 49.3 Å². The second-order valence-electron chi connectivity index (χ2n) is 20.4. The zero-order valence-corrected chi connectivity index (χ0v) is 46.0. The first kappa shape index (κ1) is 67.4. The number of carbonyl (C=O) groups excluding carboxylic acids is 2. The Labute approximate surface area is 439 Å². The van der Waals surface area contributed by atoms with Gasteiger partial charge in [-0.3, -0.25) is 9.59 Å². The molecule has 1 heterocycles. The minimum Gasteiger partial charge on any atom is -0.454 e. The van der Waals surface area contributed by atoms with E-state index in [-0.39, 0.29) is 19.4 Å². The molecule has 1 aliphatic heterocycles. The first-order chi connectivity index (χ1) is 35.2. The summed E-state index contributed by atoms with van der Waals surface area (Å²) < 4.78 is 17.5. The molecule has 0 aromatic carbocycles. The third-order valence-electron chi connectivity index (χ3n) is 13.7. The average molecular weight is 1020 g/mol. The number of nitrogens with one attached hydrogen (secondary N) is 1. The van der Waals surface area contributed by atoms with E-state index in [2.05, 4.69) is 74.7 Å². The van der Waals surface area contributed by atoms with Crippen LogP contribution in [0.1, 0.15) is 252 Å². The van der Waals surface area contributed by atoms with Crippen molar-refractivity contribution >= 4 is 11.9 Å². The van der Waals surface area contributed by atoms with E-state index in [1.807, 2.05) is 6.08 Å². The molecule has 0 spiro atoms. The third-order valence-corrected chi connectivity index (χ3v) is 13.7. The summed E-state index contributed by atoms with van der Waals surface area (Å²) in [5, 5.41) is 56.8. The van der Waals surface area contributed by atoms with Gasteiger partial charge in [0.15, 0.2) is 12.4 Å². The zero-order chi connectivity index (χ0) is 52.5. The van der Waals surface area contributed by atoms with Gasteiger partial charge in [-0.25, -0.2) is 0 Å². The molecule has 1 fully saturated rings. The molecule has 0 aromatic rings. The van der Waals surface area contributed by atoms with Crippen LogP contribution in [0.2, 0.25) is 0 Å². The monoisotopic (exact) mass is 1020 g/mol. The third kappa shape index (κ3) is 37.1. The van der Waals surface area contributed by atoms with Crippen molar-refractivity contribution in [3.63, 3.8) is 0 Å². The fourth-order valence-electron chi connectivity index (χ4n) is 8.93. The minimum absolute atomic E-state index is 0.0857. The molecule has 6 N–H and O–H groups in total.